The molecule has 214 valence electrons. The molecule has 1 aliphatic carbocycles. The van der Waals surface area contributed by atoms with Crippen LogP contribution in [0.5, 0.6) is 0 Å². The zero-order chi connectivity index (χ0) is 28.0. The highest BCUT2D eigenvalue weighted by Crippen LogP contribution is 2.36. The summed E-state index contributed by atoms with van der Waals surface area (Å²) in [5.41, 5.74) is -1.68. The Morgan fingerprint density at radius 3 is 2.44 bits per heavy atom. The number of aliphatic hydroxyl groups excluding tert-OH is 2. The quantitative estimate of drug-likeness (QED) is 0.390. The van der Waals surface area contributed by atoms with Crippen molar-refractivity contribution in [1.82, 2.24) is 10.2 Å². The average molecular weight is 555 g/mol. The minimum Gasteiger partial charge on any atom is -0.390 e. The number of carbonyl (C=O) groups is 1. The van der Waals surface area contributed by atoms with Crippen molar-refractivity contribution in [3.05, 3.63) is 71.0 Å². The molecule has 7 nitrogen and oxygen atoms in total. The summed E-state index contributed by atoms with van der Waals surface area (Å²) in [6.45, 7) is 2.50. The molecule has 2 aromatic rings. The van der Waals surface area contributed by atoms with Crippen molar-refractivity contribution in [1.29, 1.82) is 0 Å². The van der Waals surface area contributed by atoms with Crippen molar-refractivity contribution >= 4 is 5.91 Å². The van der Waals surface area contributed by atoms with Crippen molar-refractivity contribution in [3.8, 4) is 0 Å². The lowest BCUT2D eigenvalue weighted by Crippen LogP contribution is -2.61. The Bertz CT molecular complexity index is 1090. The van der Waals surface area contributed by atoms with E-state index in [1.807, 2.05) is 0 Å². The third kappa shape index (κ3) is 7.76. The molecule has 4 rings (SSSR count). The van der Waals surface area contributed by atoms with E-state index in [-0.39, 0.29) is 31.6 Å². The SMILES string of the molecule is O=C(NCCN1CCCC1)[C@@]1(OCc2cccc(C(F)(F)F)c2)CC(OCc2ccc(F)cc2)[C@H](O)[C@H](O)C1. The Labute approximate surface area is 224 Å². The fourth-order valence-corrected chi connectivity index (χ4v) is 5.10. The Morgan fingerprint density at radius 1 is 1.03 bits per heavy atom. The van der Waals surface area contributed by atoms with Crippen molar-refractivity contribution in [2.45, 2.75) is 69.0 Å². The van der Waals surface area contributed by atoms with Gasteiger partial charge in [-0.3, -0.25) is 4.79 Å². The van der Waals surface area contributed by atoms with Gasteiger partial charge in [0.15, 0.2) is 5.60 Å². The molecule has 11 heteroatoms. The van der Waals surface area contributed by atoms with E-state index < -0.39 is 47.4 Å². The largest absolute Gasteiger partial charge is 0.416 e. The number of halogens is 4. The van der Waals surface area contributed by atoms with Crippen LogP contribution in [0, 0.1) is 5.82 Å². The van der Waals surface area contributed by atoms with E-state index in [0.717, 1.165) is 38.1 Å². The first kappa shape index (κ1) is 29.4. The standard InChI is InChI=1S/C28H34F4N2O5/c29-22-8-6-19(7-9-22)17-38-24-16-27(15-23(35)25(24)36,26(37)33-10-13-34-11-1-2-12-34)39-18-20-4-3-5-21(14-20)28(30,31)32/h3-9,14,23-25,35-36H,1-2,10-13,15-18H2,(H,33,37)/t23-,24?,25-,27+/m1/s1. The molecule has 2 fully saturated rings. The van der Waals surface area contributed by atoms with Gasteiger partial charge in [0, 0.05) is 25.9 Å². The minimum atomic E-state index is -4.54. The van der Waals surface area contributed by atoms with Crippen molar-refractivity contribution in [2.75, 3.05) is 26.2 Å². The molecule has 0 bridgehead atoms. The zero-order valence-electron chi connectivity index (χ0n) is 21.5. The molecule has 1 saturated heterocycles. The minimum absolute atomic E-state index is 0.0188. The first-order chi connectivity index (χ1) is 18.6. The van der Waals surface area contributed by atoms with Crippen LogP contribution >= 0.6 is 0 Å². The lowest BCUT2D eigenvalue weighted by atomic mass is 9.78. The molecule has 2 aromatic carbocycles. The molecule has 1 amide bonds. The van der Waals surface area contributed by atoms with Gasteiger partial charge in [-0.25, -0.2) is 4.39 Å². The Balaban J connectivity index is 1.50. The van der Waals surface area contributed by atoms with Crippen LogP contribution in [0.3, 0.4) is 0 Å². The second-order valence-electron chi connectivity index (χ2n) is 10.2. The van der Waals surface area contributed by atoms with Crippen LogP contribution in [0.15, 0.2) is 48.5 Å². The molecule has 2 aliphatic rings. The average Bonchev–Trinajstić information content (AvgIpc) is 3.43. The van der Waals surface area contributed by atoms with Gasteiger partial charge in [-0.1, -0.05) is 24.3 Å². The molecule has 3 N–H and O–H groups in total. The van der Waals surface area contributed by atoms with E-state index >= 15 is 0 Å². The van der Waals surface area contributed by atoms with Crippen LogP contribution in [0.25, 0.3) is 0 Å². The number of alkyl halides is 3. The van der Waals surface area contributed by atoms with Gasteiger partial charge in [-0.15, -0.1) is 0 Å². The molecule has 1 heterocycles. The number of nitrogens with zero attached hydrogens (tertiary/aromatic N) is 1. The van der Waals surface area contributed by atoms with Gasteiger partial charge in [0.05, 0.1) is 31.0 Å². The molecule has 39 heavy (non-hydrogen) atoms. The predicted octanol–water partition coefficient (Wildman–Crippen LogP) is 3.41. The van der Waals surface area contributed by atoms with Gasteiger partial charge in [0.1, 0.15) is 11.9 Å². The molecule has 1 saturated carbocycles. The number of hydrogen-bond donors (Lipinski definition) is 3. The highest BCUT2D eigenvalue weighted by atomic mass is 19.4. The van der Waals surface area contributed by atoms with Crippen LogP contribution in [-0.2, 0) is 33.7 Å². The van der Waals surface area contributed by atoms with Crippen LogP contribution in [0.2, 0.25) is 0 Å². The van der Waals surface area contributed by atoms with E-state index in [0.29, 0.717) is 18.7 Å². The van der Waals surface area contributed by atoms with E-state index in [2.05, 4.69) is 10.2 Å². The summed E-state index contributed by atoms with van der Waals surface area (Å²) in [5.74, 6) is -0.950. The van der Waals surface area contributed by atoms with Crippen LogP contribution in [-0.4, -0.2) is 71.1 Å². The fraction of sp³-hybridized carbons (Fsp3) is 0.536. The summed E-state index contributed by atoms with van der Waals surface area (Å²) < 4.78 is 64.8. The number of amides is 1. The number of hydrogen-bond acceptors (Lipinski definition) is 6. The van der Waals surface area contributed by atoms with E-state index in [1.54, 1.807) is 0 Å². The first-order valence-corrected chi connectivity index (χ1v) is 13.1. The summed E-state index contributed by atoms with van der Waals surface area (Å²) in [4.78, 5) is 15.7. The highest BCUT2D eigenvalue weighted by molar-refractivity contribution is 5.85. The van der Waals surface area contributed by atoms with Crippen molar-refractivity contribution < 1.29 is 42.0 Å². The van der Waals surface area contributed by atoms with Crippen LogP contribution in [0.4, 0.5) is 17.6 Å². The second-order valence-corrected chi connectivity index (χ2v) is 10.2. The smallest absolute Gasteiger partial charge is 0.390 e. The fourth-order valence-electron chi connectivity index (χ4n) is 5.10. The number of likely N-dealkylation sites (tertiary alicyclic amines) is 1. The molecule has 1 aliphatic heterocycles. The summed E-state index contributed by atoms with van der Waals surface area (Å²) in [6, 6.07) is 10.2. The van der Waals surface area contributed by atoms with Gasteiger partial charge in [0.25, 0.3) is 5.91 Å². The highest BCUT2D eigenvalue weighted by Gasteiger charge is 2.51. The Hall–Kier alpha value is -2.57. The summed E-state index contributed by atoms with van der Waals surface area (Å²) in [6.07, 6.45) is -6.49. The molecule has 4 atom stereocenters. The molecular formula is C28H34F4N2O5. The summed E-state index contributed by atoms with van der Waals surface area (Å²) in [5, 5.41) is 24.2. The number of nitrogens with one attached hydrogen (secondary N) is 1. The first-order valence-electron chi connectivity index (χ1n) is 13.1. The third-order valence-corrected chi connectivity index (χ3v) is 7.32. The zero-order valence-corrected chi connectivity index (χ0v) is 21.5. The molecule has 0 aromatic heterocycles. The number of carbonyl (C=O) groups excluding carboxylic acids is 1. The predicted molar refractivity (Wildman–Crippen MR) is 134 cm³/mol. The third-order valence-electron chi connectivity index (χ3n) is 7.32. The normalized spacial score (nSPS) is 26.1. The Morgan fingerprint density at radius 2 is 1.74 bits per heavy atom. The number of ether oxygens (including phenoxy) is 2. The van der Waals surface area contributed by atoms with Crippen molar-refractivity contribution in [2.24, 2.45) is 0 Å². The monoisotopic (exact) mass is 554 g/mol. The Kier molecular flexibility index (Phi) is 9.60. The van der Waals surface area contributed by atoms with E-state index in [4.69, 9.17) is 9.47 Å². The van der Waals surface area contributed by atoms with Gasteiger partial charge >= 0.3 is 6.18 Å². The maximum Gasteiger partial charge on any atom is 0.416 e. The lowest BCUT2D eigenvalue weighted by Gasteiger charge is -2.44. The van der Waals surface area contributed by atoms with Gasteiger partial charge < -0.3 is 29.9 Å². The van der Waals surface area contributed by atoms with E-state index in [1.165, 1.54) is 36.4 Å². The van der Waals surface area contributed by atoms with Gasteiger partial charge in [0.2, 0.25) is 0 Å². The molecule has 1 unspecified atom stereocenters. The van der Waals surface area contributed by atoms with Gasteiger partial charge in [-0.05, 0) is 61.3 Å². The summed E-state index contributed by atoms with van der Waals surface area (Å²) in [7, 11) is 0. The maximum atomic E-state index is 13.5. The summed E-state index contributed by atoms with van der Waals surface area (Å²) >= 11 is 0. The van der Waals surface area contributed by atoms with E-state index in [9.17, 15) is 32.6 Å². The molecule has 0 spiro atoms. The number of benzene rings is 2. The van der Waals surface area contributed by atoms with Crippen molar-refractivity contribution in [3.63, 3.8) is 0 Å². The number of aliphatic hydroxyl groups is 2. The molecule has 0 radical (unpaired) electrons. The second kappa shape index (κ2) is 12.7. The van der Waals surface area contributed by atoms with Gasteiger partial charge in [-0.2, -0.15) is 13.2 Å². The van der Waals surface area contributed by atoms with Crippen LogP contribution in [0.1, 0.15) is 42.4 Å². The molecular weight excluding hydrogens is 520 g/mol. The van der Waals surface area contributed by atoms with Crippen LogP contribution < -0.4 is 5.32 Å². The number of rotatable bonds is 10. The maximum absolute atomic E-state index is 13.5. The lowest BCUT2D eigenvalue weighted by molar-refractivity contribution is -0.200. The topological polar surface area (TPSA) is 91.3 Å².